The summed E-state index contributed by atoms with van der Waals surface area (Å²) in [6.45, 7) is 0. The Hall–Kier alpha value is -3.03. The lowest BCUT2D eigenvalue weighted by molar-refractivity contribution is -0.385. The first kappa shape index (κ1) is 13.4. The van der Waals surface area contributed by atoms with Crippen LogP contribution in [0.2, 0.25) is 0 Å². The van der Waals surface area contributed by atoms with Crippen LogP contribution in [0.1, 0.15) is 10.4 Å². The summed E-state index contributed by atoms with van der Waals surface area (Å²) in [5.74, 6) is -1.67. The summed E-state index contributed by atoms with van der Waals surface area (Å²) in [6.07, 6.45) is 0.933. The van der Waals surface area contributed by atoms with Gasteiger partial charge in [0.05, 0.1) is 11.1 Å². The van der Waals surface area contributed by atoms with E-state index in [1.54, 1.807) is 0 Å². The van der Waals surface area contributed by atoms with E-state index < -0.39 is 28.1 Å². The van der Waals surface area contributed by atoms with Gasteiger partial charge in [-0.2, -0.15) is 0 Å². The van der Waals surface area contributed by atoms with Gasteiger partial charge in [0.15, 0.2) is 5.75 Å². The fourth-order valence-corrected chi connectivity index (χ4v) is 1.46. The van der Waals surface area contributed by atoms with Gasteiger partial charge in [-0.25, -0.2) is 9.37 Å². The van der Waals surface area contributed by atoms with Gasteiger partial charge >= 0.3 is 5.69 Å². The first-order chi connectivity index (χ1) is 9.47. The van der Waals surface area contributed by atoms with Gasteiger partial charge in [-0.05, 0) is 24.3 Å². The molecular formula is C12H8FN3O4. The Morgan fingerprint density at radius 1 is 1.35 bits per heavy atom. The molecule has 1 amide bonds. The number of benzene rings is 1. The number of nitrogens with one attached hydrogen (secondary N) is 1. The number of nitro benzene ring substituents is 1. The lowest BCUT2D eigenvalue weighted by atomic mass is 10.2. The molecule has 2 N–H and O–H groups in total. The normalized spacial score (nSPS) is 10.1. The Bertz CT molecular complexity index is 673. The number of halogens is 1. The van der Waals surface area contributed by atoms with E-state index in [9.17, 15) is 24.4 Å². The average molecular weight is 277 g/mol. The number of anilines is 1. The number of aromatic nitrogens is 1. The monoisotopic (exact) mass is 277 g/mol. The zero-order valence-electron chi connectivity index (χ0n) is 9.91. The smallest absolute Gasteiger partial charge is 0.310 e. The molecular weight excluding hydrogens is 269 g/mol. The molecule has 1 heterocycles. The molecule has 7 nitrogen and oxygen atoms in total. The molecule has 0 aliphatic heterocycles. The molecule has 0 saturated heterocycles. The Morgan fingerprint density at radius 2 is 2.10 bits per heavy atom. The SMILES string of the molecule is O=C(Nc1ccc(F)cn1)c1ccc([N+](=O)[O-])c(O)c1. The zero-order valence-corrected chi connectivity index (χ0v) is 9.91. The summed E-state index contributed by atoms with van der Waals surface area (Å²) in [6, 6.07) is 5.56. The maximum Gasteiger partial charge on any atom is 0.310 e. The van der Waals surface area contributed by atoms with E-state index in [4.69, 9.17) is 0 Å². The van der Waals surface area contributed by atoms with E-state index >= 15 is 0 Å². The number of aromatic hydroxyl groups is 1. The number of hydrogen-bond donors (Lipinski definition) is 2. The third kappa shape index (κ3) is 2.86. The number of rotatable bonds is 3. The molecule has 0 radical (unpaired) electrons. The van der Waals surface area contributed by atoms with Gasteiger partial charge in [0.25, 0.3) is 5.91 Å². The quantitative estimate of drug-likeness (QED) is 0.660. The third-order valence-electron chi connectivity index (χ3n) is 2.40. The number of carbonyl (C=O) groups is 1. The summed E-state index contributed by atoms with van der Waals surface area (Å²) in [5.41, 5.74) is -0.485. The van der Waals surface area contributed by atoms with Crippen molar-refractivity contribution < 1.29 is 19.2 Å². The van der Waals surface area contributed by atoms with Gasteiger partial charge in [-0.3, -0.25) is 14.9 Å². The number of pyridine rings is 1. The fraction of sp³-hybridized carbons (Fsp3) is 0. The molecule has 102 valence electrons. The van der Waals surface area contributed by atoms with Crippen LogP contribution in [0.3, 0.4) is 0 Å². The van der Waals surface area contributed by atoms with Crippen LogP contribution in [0.4, 0.5) is 15.9 Å². The van der Waals surface area contributed by atoms with Crippen LogP contribution in [0.15, 0.2) is 36.5 Å². The van der Waals surface area contributed by atoms with E-state index in [2.05, 4.69) is 10.3 Å². The summed E-state index contributed by atoms with van der Waals surface area (Å²) < 4.78 is 12.6. The van der Waals surface area contributed by atoms with E-state index in [-0.39, 0.29) is 11.4 Å². The predicted molar refractivity (Wildman–Crippen MR) is 66.9 cm³/mol. The largest absolute Gasteiger partial charge is 0.502 e. The van der Waals surface area contributed by atoms with Crippen molar-refractivity contribution in [3.05, 3.63) is 58.0 Å². The summed E-state index contributed by atoms with van der Waals surface area (Å²) in [4.78, 5) is 25.2. The topological polar surface area (TPSA) is 105 Å². The van der Waals surface area contributed by atoms with Crippen LogP contribution in [-0.2, 0) is 0 Å². The number of nitrogens with zero attached hydrogens (tertiary/aromatic N) is 2. The Morgan fingerprint density at radius 3 is 2.65 bits per heavy atom. The van der Waals surface area contributed by atoms with Crippen LogP contribution >= 0.6 is 0 Å². The molecule has 2 rings (SSSR count). The van der Waals surface area contributed by atoms with Gasteiger partial charge < -0.3 is 10.4 Å². The van der Waals surface area contributed by atoms with Crippen LogP contribution in [0.5, 0.6) is 5.75 Å². The molecule has 0 atom stereocenters. The Kier molecular flexibility index (Phi) is 3.56. The Balaban J connectivity index is 2.19. The second-order valence-electron chi connectivity index (χ2n) is 3.78. The number of hydrogen-bond acceptors (Lipinski definition) is 5. The van der Waals surface area contributed by atoms with Gasteiger partial charge in [0, 0.05) is 11.6 Å². The lowest BCUT2D eigenvalue weighted by Crippen LogP contribution is -2.12. The summed E-state index contributed by atoms with van der Waals surface area (Å²) in [5, 5.41) is 22.3. The van der Waals surface area contributed by atoms with Crippen molar-refractivity contribution in [1.29, 1.82) is 0 Å². The minimum atomic E-state index is -0.765. The molecule has 0 aliphatic rings. The van der Waals surface area contributed by atoms with E-state index in [1.807, 2.05) is 0 Å². The minimum absolute atomic E-state index is 0.0132. The second-order valence-corrected chi connectivity index (χ2v) is 3.78. The highest BCUT2D eigenvalue weighted by molar-refractivity contribution is 6.04. The van der Waals surface area contributed by atoms with Gasteiger partial charge in [0.2, 0.25) is 0 Å². The average Bonchev–Trinajstić information content (AvgIpc) is 2.40. The third-order valence-corrected chi connectivity index (χ3v) is 2.40. The lowest BCUT2D eigenvalue weighted by Gasteiger charge is -2.04. The van der Waals surface area contributed by atoms with Crippen LogP contribution in [-0.4, -0.2) is 20.9 Å². The number of phenols is 1. The molecule has 0 unspecified atom stereocenters. The van der Waals surface area contributed by atoms with Crippen LogP contribution in [0, 0.1) is 15.9 Å². The predicted octanol–water partition coefficient (Wildman–Crippen LogP) is 2.09. The van der Waals surface area contributed by atoms with E-state index in [1.165, 1.54) is 12.1 Å². The minimum Gasteiger partial charge on any atom is -0.502 e. The Labute approximate surface area is 111 Å². The standard InChI is InChI=1S/C12H8FN3O4/c13-8-2-4-11(14-6-8)15-12(18)7-1-3-9(16(19)20)10(17)5-7/h1-6,17H,(H,14,15,18). The van der Waals surface area contributed by atoms with Crippen LogP contribution < -0.4 is 5.32 Å². The maximum absolute atomic E-state index is 12.6. The second kappa shape index (κ2) is 5.31. The number of phenolic OH excluding ortho intramolecular Hbond substituents is 1. The highest BCUT2D eigenvalue weighted by Gasteiger charge is 2.16. The van der Waals surface area contributed by atoms with Gasteiger partial charge in [-0.1, -0.05) is 0 Å². The van der Waals surface area contributed by atoms with Crippen molar-refractivity contribution in [3.63, 3.8) is 0 Å². The molecule has 20 heavy (non-hydrogen) atoms. The van der Waals surface area contributed by atoms with Crippen molar-refractivity contribution in [2.24, 2.45) is 0 Å². The molecule has 8 heteroatoms. The van der Waals surface area contributed by atoms with Gasteiger partial charge in [0.1, 0.15) is 11.6 Å². The van der Waals surface area contributed by atoms with Crippen molar-refractivity contribution in [2.45, 2.75) is 0 Å². The molecule has 0 bridgehead atoms. The van der Waals surface area contributed by atoms with Crippen molar-refractivity contribution in [3.8, 4) is 5.75 Å². The first-order valence-corrected chi connectivity index (χ1v) is 5.37. The first-order valence-electron chi connectivity index (χ1n) is 5.37. The highest BCUT2D eigenvalue weighted by Crippen LogP contribution is 2.26. The van der Waals surface area contributed by atoms with E-state index in [0.29, 0.717) is 0 Å². The van der Waals surface area contributed by atoms with Crippen molar-refractivity contribution >= 4 is 17.4 Å². The number of carbonyl (C=O) groups excluding carboxylic acids is 1. The van der Waals surface area contributed by atoms with Crippen molar-refractivity contribution in [1.82, 2.24) is 4.98 Å². The maximum atomic E-state index is 12.6. The molecule has 1 aromatic carbocycles. The summed E-state index contributed by atoms with van der Waals surface area (Å²) in [7, 11) is 0. The van der Waals surface area contributed by atoms with Gasteiger partial charge in [-0.15, -0.1) is 0 Å². The van der Waals surface area contributed by atoms with E-state index in [0.717, 1.165) is 24.4 Å². The molecule has 0 saturated carbocycles. The zero-order chi connectivity index (χ0) is 14.7. The molecule has 0 aliphatic carbocycles. The number of amides is 1. The highest BCUT2D eigenvalue weighted by atomic mass is 19.1. The van der Waals surface area contributed by atoms with Crippen LogP contribution in [0.25, 0.3) is 0 Å². The molecule has 2 aromatic rings. The number of nitro groups is 1. The molecule has 1 aromatic heterocycles. The molecule has 0 spiro atoms. The fourth-order valence-electron chi connectivity index (χ4n) is 1.46. The summed E-state index contributed by atoms with van der Waals surface area (Å²) >= 11 is 0. The van der Waals surface area contributed by atoms with Crippen molar-refractivity contribution in [2.75, 3.05) is 5.32 Å². The molecule has 0 fully saturated rings.